The molecule has 0 atom stereocenters. The minimum Gasteiger partial charge on any atom is -0.389 e. The van der Waals surface area contributed by atoms with Crippen LogP contribution in [0.1, 0.15) is 30.9 Å². The normalized spacial score (nSPS) is 10.6. The first-order chi connectivity index (χ1) is 9.02. The summed E-state index contributed by atoms with van der Waals surface area (Å²) >= 11 is 4.97. The summed E-state index contributed by atoms with van der Waals surface area (Å²) in [7, 11) is 0. The van der Waals surface area contributed by atoms with Crippen molar-refractivity contribution < 1.29 is 4.79 Å². The molecule has 4 N–H and O–H groups in total. The van der Waals surface area contributed by atoms with Crippen molar-refractivity contribution in [1.29, 1.82) is 0 Å². The summed E-state index contributed by atoms with van der Waals surface area (Å²) < 4.78 is 0. The zero-order valence-corrected chi connectivity index (χ0v) is 12.1. The average molecular weight is 279 g/mol. The lowest BCUT2D eigenvalue weighted by Crippen LogP contribution is -2.34. The number of benzene rings is 1. The number of hydrogen-bond acceptors (Lipinski definition) is 3. The molecule has 0 spiro atoms. The van der Waals surface area contributed by atoms with E-state index in [2.05, 4.69) is 6.92 Å². The Morgan fingerprint density at radius 3 is 2.68 bits per heavy atom. The number of unbranched alkanes of at least 4 members (excludes halogenated alkanes) is 1. The van der Waals surface area contributed by atoms with E-state index in [1.807, 2.05) is 29.2 Å². The first-order valence-corrected chi connectivity index (χ1v) is 6.83. The molecule has 19 heavy (non-hydrogen) atoms. The van der Waals surface area contributed by atoms with Gasteiger partial charge in [0.15, 0.2) is 0 Å². The van der Waals surface area contributed by atoms with Gasteiger partial charge in [-0.3, -0.25) is 9.69 Å². The Labute approximate surface area is 119 Å². The van der Waals surface area contributed by atoms with Crippen LogP contribution in [0.15, 0.2) is 24.3 Å². The molecule has 0 unspecified atom stereocenters. The second-order valence-electron chi connectivity index (χ2n) is 4.60. The lowest BCUT2D eigenvalue weighted by molar-refractivity contribution is -0.119. The van der Waals surface area contributed by atoms with Crippen LogP contribution >= 0.6 is 12.2 Å². The maximum atomic E-state index is 11.1. The lowest BCUT2D eigenvalue weighted by Gasteiger charge is -2.20. The smallest absolute Gasteiger partial charge is 0.231 e. The van der Waals surface area contributed by atoms with Crippen LogP contribution in [0.3, 0.4) is 0 Å². The van der Waals surface area contributed by atoms with Crippen LogP contribution in [0, 0.1) is 0 Å². The molecular weight excluding hydrogens is 258 g/mol. The molecule has 5 heteroatoms. The number of nitrogens with two attached hydrogens (primary N) is 2. The second-order valence-corrected chi connectivity index (χ2v) is 5.03. The predicted octanol–water partition coefficient (Wildman–Crippen LogP) is 1.41. The second kappa shape index (κ2) is 7.86. The van der Waals surface area contributed by atoms with E-state index in [4.69, 9.17) is 23.7 Å². The van der Waals surface area contributed by atoms with Crippen molar-refractivity contribution in [3.8, 4) is 0 Å². The molecular formula is C14H21N3OS. The van der Waals surface area contributed by atoms with E-state index in [1.54, 1.807) is 0 Å². The van der Waals surface area contributed by atoms with Gasteiger partial charge in [0.1, 0.15) is 4.99 Å². The van der Waals surface area contributed by atoms with Crippen LogP contribution in [0.25, 0.3) is 0 Å². The van der Waals surface area contributed by atoms with Gasteiger partial charge in [-0.25, -0.2) is 0 Å². The molecule has 0 heterocycles. The first-order valence-electron chi connectivity index (χ1n) is 6.42. The Hall–Kier alpha value is -1.46. The largest absolute Gasteiger partial charge is 0.389 e. The number of thiocarbonyl (C=S) groups is 1. The van der Waals surface area contributed by atoms with Crippen molar-refractivity contribution in [1.82, 2.24) is 4.90 Å². The van der Waals surface area contributed by atoms with Gasteiger partial charge < -0.3 is 11.5 Å². The standard InChI is InChI=1S/C14H21N3OS/c1-2-3-7-17(10-13(15)18)9-11-5-4-6-12(8-11)14(16)19/h4-6,8H,2-3,7,9-10H2,1H3,(H2,15,18)(H2,16,19). The van der Waals surface area contributed by atoms with Crippen LogP contribution in [0.5, 0.6) is 0 Å². The summed E-state index contributed by atoms with van der Waals surface area (Å²) in [6.45, 7) is 3.93. The molecule has 0 radical (unpaired) electrons. The van der Waals surface area contributed by atoms with Crippen LogP contribution in [0.4, 0.5) is 0 Å². The number of primary amides is 1. The maximum absolute atomic E-state index is 11.1. The van der Waals surface area contributed by atoms with Gasteiger partial charge in [-0.15, -0.1) is 0 Å². The maximum Gasteiger partial charge on any atom is 0.231 e. The molecule has 0 aliphatic carbocycles. The molecule has 0 aromatic heterocycles. The molecule has 1 amide bonds. The highest BCUT2D eigenvalue weighted by Gasteiger charge is 2.09. The van der Waals surface area contributed by atoms with E-state index < -0.39 is 0 Å². The quantitative estimate of drug-likeness (QED) is 0.706. The first kappa shape index (κ1) is 15.6. The summed E-state index contributed by atoms with van der Waals surface area (Å²) in [6.07, 6.45) is 2.13. The Morgan fingerprint density at radius 2 is 2.11 bits per heavy atom. The van der Waals surface area contributed by atoms with Gasteiger partial charge in [0.05, 0.1) is 6.54 Å². The third kappa shape index (κ3) is 5.81. The molecule has 0 saturated heterocycles. The number of hydrogen-bond donors (Lipinski definition) is 2. The van der Waals surface area contributed by atoms with Crippen LogP contribution in [0.2, 0.25) is 0 Å². The Kier molecular flexibility index (Phi) is 6.45. The van der Waals surface area contributed by atoms with Gasteiger partial charge in [-0.1, -0.05) is 43.8 Å². The fourth-order valence-electron chi connectivity index (χ4n) is 1.90. The van der Waals surface area contributed by atoms with Crippen molar-refractivity contribution in [3.63, 3.8) is 0 Å². The van der Waals surface area contributed by atoms with E-state index in [0.717, 1.165) is 30.5 Å². The highest BCUT2D eigenvalue weighted by molar-refractivity contribution is 7.80. The number of carbonyl (C=O) groups excluding carboxylic acids is 1. The highest BCUT2D eigenvalue weighted by atomic mass is 32.1. The lowest BCUT2D eigenvalue weighted by atomic mass is 10.1. The van der Waals surface area contributed by atoms with Crippen molar-refractivity contribution in [2.24, 2.45) is 11.5 Å². The van der Waals surface area contributed by atoms with Gasteiger partial charge in [0.25, 0.3) is 0 Å². The molecule has 0 fully saturated rings. The van der Waals surface area contributed by atoms with Gasteiger partial charge in [0.2, 0.25) is 5.91 Å². The number of amides is 1. The van der Waals surface area contributed by atoms with E-state index in [0.29, 0.717) is 11.5 Å². The fourth-order valence-corrected chi connectivity index (χ4v) is 2.02. The average Bonchev–Trinajstić information content (AvgIpc) is 2.35. The molecule has 1 rings (SSSR count). The predicted molar refractivity (Wildman–Crippen MR) is 81.7 cm³/mol. The fraction of sp³-hybridized carbons (Fsp3) is 0.429. The molecule has 1 aromatic rings. The van der Waals surface area contributed by atoms with Crippen molar-refractivity contribution in [3.05, 3.63) is 35.4 Å². The van der Waals surface area contributed by atoms with Gasteiger partial charge in [-0.05, 0) is 24.6 Å². The summed E-state index contributed by atoms with van der Waals surface area (Å²) in [5.41, 5.74) is 12.8. The minimum absolute atomic E-state index is 0.275. The number of rotatable bonds is 8. The Balaban J connectivity index is 2.74. The van der Waals surface area contributed by atoms with E-state index in [1.165, 1.54) is 0 Å². The molecule has 0 bridgehead atoms. The van der Waals surface area contributed by atoms with Crippen molar-refractivity contribution >= 4 is 23.1 Å². The third-order valence-corrected chi connectivity index (χ3v) is 3.06. The molecule has 0 aliphatic rings. The van der Waals surface area contributed by atoms with E-state index >= 15 is 0 Å². The van der Waals surface area contributed by atoms with Crippen LogP contribution in [-0.2, 0) is 11.3 Å². The van der Waals surface area contributed by atoms with Gasteiger partial charge in [-0.2, -0.15) is 0 Å². The van der Waals surface area contributed by atoms with Gasteiger partial charge in [0, 0.05) is 12.1 Å². The summed E-state index contributed by atoms with van der Waals surface area (Å²) in [5, 5.41) is 0. The Morgan fingerprint density at radius 1 is 1.37 bits per heavy atom. The molecule has 0 saturated carbocycles. The number of carbonyl (C=O) groups is 1. The minimum atomic E-state index is -0.304. The van der Waals surface area contributed by atoms with Crippen LogP contribution in [-0.4, -0.2) is 28.9 Å². The number of nitrogens with zero attached hydrogens (tertiary/aromatic N) is 1. The third-order valence-electron chi connectivity index (χ3n) is 2.83. The summed E-state index contributed by atoms with van der Waals surface area (Å²) in [6, 6.07) is 7.77. The monoisotopic (exact) mass is 279 g/mol. The van der Waals surface area contributed by atoms with Gasteiger partial charge >= 0.3 is 0 Å². The van der Waals surface area contributed by atoms with E-state index in [-0.39, 0.29) is 12.5 Å². The summed E-state index contributed by atoms with van der Waals surface area (Å²) in [4.78, 5) is 13.5. The topological polar surface area (TPSA) is 72.3 Å². The molecule has 1 aromatic carbocycles. The van der Waals surface area contributed by atoms with Crippen molar-refractivity contribution in [2.75, 3.05) is 13.1 Å². The molecule has 0 aliphatic heterocycles. The van der Waals surface area contributed by atoms with E-state index in [9.17, 15) is 4.79 Å². The molecule has 4 nitrogen and oxygen atoms in total. The SMILES string of the molecule is CCCCN(CC(N)=O)Cc1cccc(C(N)=S)c1. The molecule has 104 valence electrons. The highest BCUT2D eigenvalue weighted by Crippen LogP contribution is 2.09. The van der Waals surface area contributed by atoms with Crippen LogP contribution < -0.4 is 11.5 Å². The Bertz CT molecular complexity index is 448. The van der Waals surface area contributed by atoms with Crippen molar-refractivity contribution in [2.45, 2.75) is 26.3 Å². The zero-order chi connectivity index (χ0) is 14.3. The summed E-state index contributed by atoms with van der Waals surface area (Å²) in [5.74, 6) is -0.304. The zero-order valence-electron chi connectivity index (χ0n) is 11.3.